The highest BCUT2D eigenvalue weighted by molar-refractivity contribution is 6.11. The number of H-pyrrole nitrogens is 1. The van der Waals surface area contributed by atoms with Crippen LogP contribution >= 0.6 is 0 Å². The molecule has 0 aliphatic heterocycles. The molecule has 0 bridgehead atoms. The van der Waals surface area contributed by atoms with Gasteiger partial charge in [-0.15, -0.1) is 0 Å². The zero-order valence-corrected chi connectivity index (χ0v) is 18.8. The van der Waals surface area contributed by atoms with Crippen molar-refractivity contribution in [1.82, 2.24) is 4.98 Å². The summed E-state index contributed by atoms with van der Waals surface area (Å²) in [7, 11) is 0. The van der Waals surface area contributed by atoms with Gasteiger partial charge in [0.05, 0.1) is 0 Å². The SMILES string of the molecule is C=CC=CC(=Cc1cccc2[nH]c3ccccc3c12)N(C(=O)C(C)(C)C)c1ccccc1. The van der Waals surface area contributed by atoms with Crippen LogP contribution in [0.15, 0.2) is 103 Å². The van der Waals surface area contributed by atoms with E-state index in [9.17, 15) is 4.79 Å². The zero-order chi connectivity index (χ0) is 22.7. The number of hydrogen-bond acceptors (Lipinski definition) is 1. The molecule has 0 unspecified atom stereocenters. The van der Waals surface area contributed by atoms with Gasteiger partial charge < -0.3 is 4.98 Å². The number of benzene rings is 3. The summed E-state index contributed by atoms with van der Waals surface area (Å²) in [5.41, 5.74) is 4.28. The number of aromatic nitrogens is 1. The van der Waals surface area contributed by atoms with E-state index in [-0.39, 0.29) is 5.91 Å². The number of nitrogens with zero attached hydrogens (tertiary/aromatic N) is 1. The van der Waals surface area contributed by atoms with Gasteiger partial charge in [-0.3, -0.25) is 9.69 Å². The number of hydrogen-bond donors (Lipinski definition) is 1. The van der Waals surface area contributed by atoms with Gasteiger partial charge in [-0.25, -0.2) is 0 Å². The van der Waals surface area contributed by atoms with Crippen LogP contribution in [-0.2, 0) is 4.79 Å². The minimum absolute atomic E-state index is 0.0229. The maximum Gasteiger partial charge on any atom is 0.236 e. The second-order valence-corrected chi connectivity index (χ2v) is 8.83. The first kappa shape index (κ1) is 21.4. The Hall–Kier alpha value is -3.85. The summed E-state index contributed by atoms with van der Waals surface area (Å²) in [6.07, 6.45) is 7.62. The van der Waals surface area contributed by atoms with Crippen molar-refractivity contribution in [2.75, 3.05) is 4.90 Å². The molecule has 0 saturated heterocycles. The molecule has 0 fully saturated rings. The molecular formula is C29H28N2O. The van der Waals surface area contributed by atoms with Crippen LogP contribution < -0.4 is 4.90 Å². The van der Waals surface area contributed by atoms with E-state index >= 15 is 0 Å². The van der Waals surface area contributed by atoms with Gasteiger partial charge in [0.15, 0.2) is 0 Å². The molecule has 32 heavy (non-hydrogen) atoms. The molecule has 1 heterocycles. The van der Waals surface area contributed by atoms with Crippen molar-refractivity contribution in [3.8, 4) is 0 Å². The summed E-state index contributed by atoms with van der Waals surface area (Å²) >= 11 is 0. The number of allylic oxidation sites excluding steroid dienone is 3. The highest BCUT2D eigenvalue weighted by atomic mass is 16.2. The van der Waals surface area contributed by atoms with Crippen molar-refractivity contribution in [3.63, 3.8) is 0 Å². The lowest BCUT2D eigenvalue weighted by molar-refractivity contribution is -0.125. The Morgan fingerprint density at radius 1 is 0.906 bits per heavy atom. The Bertz CT molecular complexity index is 1330. The Morgan fingerprint density at radius 2 is 1.59 bits per heavy atom. The quantitative estimate of drug-likeness (QED) is 0.334. The number of carbonyl (C=O) groups is 1. The summed E-state index contributed by atoms with van der Waals surface area (Å²) in [5, 5.41) is 2.30. The van der Waals surface area contributed by atoms with Crippen LogP contribution in [0.5, 0.6) is 0 Å². The maximum atomic E-state index is 13.6. The fourth-order valence-electron chi connectivity index (χ4n) is 3.86. The molecular weight excluding hydrogens is 392 g/mol. The summed E-state index contributed by atoms with van der Waals surface area (Å²) < 4.78 is 0. The Balaban J connectivity index is 1.98. The van der Waals surface area contributed by atoms with Crippen LogP contribution in [0.2, 0.25) is 0 Å². The average Bonchev–Trinajstić information content (AvgIpc) is 3.17. The molecule has 160 valence electrons. The van der Waals surface area contributed by atoms with E-state index in [4.69, 9.17) is 0 Å². The van der Waals surface area contributed by atoms with Gasteiger partial charge in [0.25, 0.3) is 0 Å². The van der Waals surface area contributed by atoms with Gasteiger partial charge in [0.1, 0.15) is 0 Å². The van der Waals surface area contributed by atoms with Gasteiger partial charge in [-0.05, 0) is 42.0 Å². The topological polar surface area (TPSA) is 36.1 Å². The fraction of sp³-hybridized carbons (Fsp3) is 0.138. The van der Waals surface area contributed by atoms with Crippen LogP contribution in [0.3, 0.4) is 0 Å². The fourth-order valence-corrected chi connectivity index (χ4v) is 3.86. The van der Waals surface area contributed by atoms with Gasteiger partial charge in [-0.1, -0.05) is 88.0 Å². The number of aromatic amines is 1. The maximum absolute atomic E-state index is 13.6. The van der Waals surface area contributed by atoms with E-state index in [1.54, 1.807) is 11.0 Å². The number of fused-ring (bicyclic) bond motifs is 3. The molecule has 0 spiro atoms. The molecule has 1 aromatic heterocycles. The average molecular weight is 421 g/mol. The smallest absolute Gasteiger partial charge is 0.236 e. The molecule has 0 atom stereocenters. The minimum Gasteiger partial charge on any atom is -0.354 e. The van der Waals surface area contributed by atoms with Crippen molar-refractivity contribution in [3.05, 3.63) is 109 Å². The normalized spacial score (nSPS) is 12.5. The van der Waals surface area contributed by atoms with E-state index in [0.717, 1.165) is 38.8 Å². The predicted molar refractivity (Wildman–Crippen MR) is 137 cm³/mol. The van der Waals surface area contributed by atoms with E-state index in [1.165, 1.54) is 0 Å². The first-order valence-corrected chi connectivity index (χ1v) is 10.8. The molecule has 4 rings (SSSR count). The summed E-state index contributed by atoms with van der Waals surface area (Å²) in [6.45, 7) is 9.66. The standard InChI is InChI=1S/C29H28N2O/c1-5-6-14-23(31(28(32)29(2,3)4)22-15-8-7-9-16-22)20-21-13-12-19-26-27(21)24-17-10-11-18-25(24)30-26/h5-20,30H,1H2,2-4H3. The van der Waals surface area contributed by atoms with Crippen LogP contribution in [0.1, 0.15) is 26.3 Å². The van der Waals surface area contributed by atoms with Gasteiger partial charge in [0.2, 0.25) is 5.91 Å². The highest BCUT2D eigenvalue weighted by Crippen LogP contribution is 2.32. The van der Waals surface area contributed by atoms with Crippen LogP contribution in [0, 0.1) is 5.41 Å². The molecule has 0 radical (unpaired) electrons. The lowest BCUT2D eigenvalue weighted by atomic mass is 9.93. The predicted octanol–water partition coefficient (Wildman–Crippen LogP) is 7.48. The van der Waals surface area contributed by atoms with Crippen molar-refractivity contribution in [2.24, 2.45) is 5.41 Å². The molecule has 4 aromatic rings. The lowest BCUT2D eigenvalue weighted by Crippen LogP contribution is -2.38. The second-order valence-electron chi connectivity index (χ2n) is 8.83. The van der Waals surface area contributed by atoms with E-state index in [1.807, 2.05) is 81.5 Å². The van der Waals surface area contributed by atoms with Crippen LogP contribution in [0.25, 0.3) is 27.9 Å². The third-order valence-corrected chi connectivity index (χ3v) is 5.39. The van der Waals surface area contributed by atoms with Crippen molar-refractivity contribution in [1.29, 1.82) is 0 Å². The number of nitrogens with one attached hydrogen (secondary N) is 1. The van der Waals surface area contributed by atoms with E-state index in [0.29, 0.717) is 0 Å². The summed E-state index contributed by atoms with van der Waals surface area (Å²) in [6, 6.07) is 24.3. The molecule has 0 aliphatic carbocycles. The third kappa shape index (κ3) is 4.15. The minimum atomic E-state index is -0.552. The first-order chi connectivity index (χ1) is 15.4. The number of anilines is 1. The molecule has 0 saturated carbocycles. The highest BCUT2D eigenvalue weighted by Gasteiger charge is 2.30. The van der Waals surface area contributed by atoms with E-state index < -0.39 is 5.41 Å². The Kier molecular flexibility index (Phi) is 5.83. The lowest BCUT2D eigenvalue weighted by Gasteiger charge is -2.30. The largest absolute Gasteiger partial charge is 0.354 e. The van der Waals surface area contributed by atoms with E-state index in [2.05, 4.69) is 41.9 Å². The Morgan fingerprint density at radius 3 is 2.31 bits per heavy atom. The van der Waals surface area contributed by atoms with Gasteiger partial charge in [-0.2, -0.15) is 0 Å². The second kappa shape index (κ2) is 8.72. The number of amides is 1. The summed E-state index contributed by atoms with van der Waals surface area (Å²) in [4.78, 5) is 18.9. The van der Waals surface area contributed by atoms with Crippen molar-refractivity contribution >= 4 is 39.5 Å². The first-order valence-electron chi connectivity index (χ1n) is 10.8. The number of para-hydroxylation sites is 2. The molecule has 3 aromatic carbocycles. The van der Waals surface area contributed by atoms with Gasteiger partial charge >= 0.3 is 0 Å². The van der Waals surface area contributed by atoms with Crippen molar-refractivity contribution in [2.45, 2.75) is 20.8 Å². The molecule has 3 nitrogen and oxygen atoms in total. The monoisotopic (exact) mass is 420 g/mol. The van der Waals surface area contributed by atoms with Crippen LogP contribution in [0.4, 0.5) is 5.69 Å². The van der Waals surface area contributed by atoms with Crippen molar-refractivity contribution < 1.29 is 4.79 Å². The van der Waals surface area contributed by atoms with Crippen LogP contribution in [-0.4, -0.2) is 10.9 Å². The molecule has 0 aliphatic rings. The molecule has 3 heteroatoms. The number of rotatable bonds is 5. The number of carbonyl (C=O) groups excluding carboxylic acids is 1. The van der Waals surface area contributed by atoms with Gasteiger partial charge in [0, 0.05) is 38.6 Å². The zero-order valence-electron chi connectivity index (χ0n) is 18.8. The third-order valence-electron chi connectivity index (χ3n) is 5.39. The summed E-state index contributed by atoms with van der Waals surface area (Å²) in [5.74, 6) is 0.0229. The Labute approximate surface area is 189 Å². The molecule has 1 amide bonds. The molecule has 1 N–H and O–H groups in total.